The number of ether oxygens (including phenoxy) is 1. The second-order valence-corrected chi connectivity index (χ2v) is 7.32. The second kappa shape index (κ2) is 6.85. The zero-order valence-corrected chi connectivity index (χ0v) is 13.7. The first-order valence-electron chi connectivity index (χ1n) is 8.96. The molecule has 1 aromatic rings. The minimum absolute atomic E-state index is 0.450. The van der Waals surface area contributed by atoms with Crippen LogP contribution in [0.5, 0.6) is 5.75 Å². The first kappa shape index (κ1) is 14.9. The Kier molecular flexibility index (Phi) is 4.87. The van der Waals surface area contributed by atoms with Crippen LogP contribution in [0.3, 0.4) is 0 Å². The van der Waals surface area contributed by atoms with E-state index in [4.69, 9.17) is 4.74 Å². The van der Waals surface area contributed by atoms with Gasteiger partial charge in [0.15, 0.2) is 0 Å². The molecule has 2 aliphatic rings. The van der Waals surface area contributed by atoms with Crippen LogP contribution < -0.4 is 4.74 Å². The zero-order valence-electron chi connectivity index (χ0n) is 13.7. The van der Waals surface area contributed by atoms with Crippen molar-refractivity contribution in [2.75, 3.05) is 0 Å². The minimum Gasteiger partial charge on any atom is -0.490 e. The zero-order chi connectivity index (χ0) is 14.7. The Bertz CT molecular complexity index is 451. The van der Waals surface area contributed by atoms with Crippen molar-refractivity contribution < 1.29 is 4.74 Å². The van der Waals surface area contributed by atoms with Crippen LogP contribution in [0.2, 0.25) is 0 Å². The van der Waals surface area contributed by atoms with E-state index in [9.17, 15) is 0 Å². The van der Waals surface area contributed by atoms with E-state index in [1.807, 2.05) is 0 Å². The molecule has 21 heavy (non-hydrogen) atoms. The summed E-state index contributed by atoms with van der Waals surface area (Å²) in [7, 11) is 0. The molecule has 2 fully saturated rings. The number of benzene rings is 1. The van der Waals surface area contributed by atoms with Crippen molar-refractivity contribution in [3.05, 3.63) is 29.3 Å². The fourth-order valence-corrected chi connectivity index (χ4v) is 4.39. The van der Waals surface area contributed by atoms with Crippen LogP contribution in [-0.4, -0.2) is 6.10 Å². The summed E-state index contributed by atoms with van der Waals surface area (Å²) in [4.78, 5) is 0. The normalized spacial score (nSPS) is 27.5. The van der Waals surface area contributed by atoms with E-state index in [1.165, 1.54) is 68.9 Å². The SMILES string of the molecule is Cc1ccc(OC2CCC(C3CCCCC3)CC2)c(C)c1. The third-order valence-corrected chi connectivity index (χ3v) is 5.66. The number of hydrogen-bond donors (Lipinski definition) is 0. The summed E-state index contributed by atoms with van der Waals surface area (Å²) in [6.07, 6.45) is 13.2. The van der Waals surface area contributed by atoms with E-state index in [-0.39, 0.29) is 0 Å². The van der Waals surface area contributed by atoms with E-state index in [0.29, 0.717) is 6.10 Å². The molecule has 1 aromatic carbocycles. The fraction of sp³-hybridized carbons (Fsp3) is 0.700. The summed E-state index contributed by atoms with van der Waals surface area (Å²) in [5.74, 6) is 3.12. The van der Waals surface area contributed by atoms with Gasteiger partial charge in [-0.3, -0.25) is 0 Å². The third-order valence-electron chi connectivity index (χ3n) is 5.66. The van der Waals surface area contributed by atoms with Crippen molar-refractivity contribution in [3.63, 3.8) is 0 Å². The fourth-order valence-electron chi connectivity index (χ4n) is 4.39. The van der Waals surface area contributed by atoms with Gasteiger partial charge in [0, 0.05) is 0 Å². The molecule has 3 rings (SSSR count). The Morgan fingerprint density at radius 2 is 1.48 bits per heavy atom. The number of aryl methyl sites for hydroxylation is 2. The predicted octanol–water partition coefficient (Wildman–Crippen LogP) is 5.82. The van der Waals surface area contributed by atoms with Crippen molar-refractivity contribution in [3.8, 4) is 5.75 Å². The third kappa shape index (κ3) is 3.81. The Labute approximate surface area is 130 Å². The lowest BCUT2D eigenvalue weighted by atomic mass is 9.73. The summed E-state index contributed by atoms with van der Waals surface area (Å²) in [6.45, 7) is 4.31. The van der Waals surface area contributed by atoms with Gasteiger partial charge in [0.2, 0.25) is 0 Å². The van der Waals surface area contributed by atoms with Crippen LogP contribution in [0.25, 0.3) is 0 Å². The molecule has 0 heterocycles. The monoisotopic (exact) mass is 286 g/mol. The maximum absolute atomic E-state index is 6.28. The van der Waals surface area contributed by atoms with E-state index in [1.54, 1.807) is 0 Å². The van der Waals surface area contributed by atoms with Gasteiger partial charge < -0.3 is 4.74 Å². The van der Waals surface area contributed by atoms with Gasteiger partial charge in [-0.25, -0.2) is 0 Å². The molecule has 2 saturated carbocycles. The number of hydrogen-bond acceptors (Lipinski definition) is 1. The summed E-state index contributed by atoms with van der Waals surface area (Å²) >= 11 is 0. The quantitative estimate of drug-likeness (QED) is 0.680. The Hall–Kier alpha value is -0.980. The van der Waals surface area contributed by atoms with Crippen LogP contribution in [-0.2, 0) is 0 Å². The highest BCUT2D eigenvalue weighted by atomic mass is 16.5. The second-order valence-electron chi connectivity index (χ2n) is 7.32. The highest BCUT2D eigenvalue weighted by Crippen LogP contribution is 2.39. The molecule has 116 valence electrons. The van der Waals surface area contributed by atoms with E-state index in [2.05, 4.69) is 32.0 Å². The van der Waals surface area contributed by atoms with Crippen LogP contribution in [0.15, 0.2) is 18.2 Å². The molecule has 1 heteroatoms. The van der Waals surface area contributed by atoms with Crippen molar-refractivity contribution in [1.29, 1.82) is 0 Å². The molecule has 0 aromatic heterocycles. The van der Waals surface area contributed by atoms with Crippen LogP contribution in [0, 0.1) is 25.7 Å². The van der Waals surface area contributed by atoms with Gasteiger partial charge in [0.05, 0.1) is 6.10 Å². The lowest BCUT2D eigenvalue weighted by Gasteiger charge is -2.36. The molecule has 0 bridgehead atoms. The van der Waals surface area contributed by atoms with Gasteiger partial charge in [-0.05, 0) is 63.0 Å². The van der Waals surface area contributed by atoms with Crippen LogP contribution in [0.4, 0.5) is 0 Å². The summed E-state index contributed by atoms with van der Waals surface area (Å²) in [5, 5.41) is 0. The van der Waals surface area contributed by atoms with Gasteiger partial charge >= 0.3 is 0 Å². The molecule has 0 aliphatic heterocycles. The van der Waals surface area contributed by atoms with Crippen molar-refractivity contribution >= 4 is 0 Å². The van der Waals surface area contributed by atoms with Gasteiger partial charge in [-0.2, -0.15) is 0 Å². The molecule has 2 aliphatic carbocycles. The van der Waals surface area contributed by atoms with E-state index >= 15 is 0 Å². The largest absolute Gasteiger partial charge is 0.490 e. The van der Waals surface area contributed by atoms with Crippen molar-refractivity contribution in [2.24, 2.45) is 11.8 Å². The van der Waals surface area contributed by atoms with Gasteiger partial charge in [0.1, 0.15) is 5.75 Å². The maximum atomic E-state index is 6.28. The molecule has 1 nitrogen and oxygen atoms in total. The summed E-state index contributed by atoms with van der Waals surface area (Å²) < 4.78 is 6.28. The molecular formula is C20H30O. The lowest BCUT2D eigenvalue weighted by molar-refractivity contribution is 0.0985. The standard InChI is InChI=1S/C20H30O/c1-15-8-13-20(16(2)14-15)21-19-11-9-18(10-12-19)17-6-4-3-5-7-17/h8,13-14,17-19H,3-7,9-12H2,1-2H3. The van der Waals surface area contributed by atoms with Crippen LogP contribution >= 0.6 is 0 Å². The molecule has 0 amide bonds. The Morgan fingerprint density at radius 3 is 2.14 bits per heavy atom. The molecular weight excluding hydrogens is 256 g/mol. The van der Waals surface area contributed by atoms with Crippen molar-refractivity contribution in [2.45, 2.75) is 77.7 Å². The van der Waals surface area contributed by atoms with Crippen molar-refractivity contribution in [1.82, 2.24) is 0 Å². The van der Waals surface area contributed by atoms with E-state index < -0.39 is 0 Å². The topological polar surface area (TPSA) is 9.23 Å². The molecule has 0 radical (unpaired) electrons. The smallest absolute Gasteiger partial charge is 0.122 e. The average molecular weight is 286 g/mol. The molecule has 0 spiro atoms. The molecule has 0 unspecified atom stereocenters. The minimum atomic E-state index is 0.450. The first-order valence-corrected chi connectivity index (χ1v) is 8.96. The molecule has 0 saturated heterocycles. The first-order chi connectivity index (χ1) is 10.2. The number of rotatable bonds is 3. The van der Waals surface area contributed by atoms with Crippen LogP contribution in [0.1, 0.15) is 68.9 Å². The Morgan fingerprint density at radius 1 is 0.810 bits per heavy atom. The van der Waals surface area contributed by atoms with Gasteiger partial charge in [0.25, 0.3) is 0 Å². The predicted molar refractivity (Wildman–Crippen MR) is 88.9 cm³/mol. The van der Waals surface area contributed by atoms with Gasteiger partial charge in [-0.15, -0.1) is 0 Å². The Balaban J connectivity index is 1.51. The molecule has 0 atom stereocenters. The maximum Gasteiger partial charge on any atom is 0.122 e. The van der Waals surface area contributed by atoms with Gasteiger partial charge in [-0.1, -0.05) is 49.8 Å². The average Bonchev–Trinajstić information content (AvgIpc) is 2.52. The summed E-state index contributed by atoms with van der Waals surface area (Å²) in [5.41, 5.74) is 2.60. The highest BCUT2D eigenvalue weighted by Gasteiger charge is 2.29. The molecule has 0 N–H and O–H groups in total. The van der Waals surface area contributed by atoms with E-state index in [0.717, 1.165) is 17.6 Å². The summed E-state index contributed by atoms with van der Waals surface area (Å²) in [6, 6.07) is 6.54. The highest BCUT2D eigenvalue weighted by molar-refractivity contribution is 5.35. The lowest BCUT2D eigenvalue weighted by Crippen LogP contribution is -2.28.